The SMILES string of the molecule is CC(C)Oc1nn(CCO)c2c1/C=C/c1[nH]nc3ccc(cc13)-c1cnn(C)c1O[C@H](C)CN(C1CC1)C2. The molecule has 38 heavy (non-hydrogen) atoms. The van der Waals surface area contributed by atoms with Crippen molar-refractivity contribution in [3.63, 3.8) is 0 Å². The number of aliphatic hydroxyl groups excluding tert-OH is 1. The molecular weight excluding hydrogens is 482 g/mol. The van der Waals surface area contributed by atoms with Crippen molar-refractivity contribution >= 4 is 23.1 Å². The Morgan fingerprint density at radius 2 is 2.08 bits per heavy atom. The topological polar surface area (TPSA) is 106 Å². The van der Waals surface area contributed by atoms with Crippen LogP contribution in [0.15, 0.2) is 24.4 Å². The third-order valence-electron chi connectivity index (χ3n) is 7.14. The average Bonchev–Trinajstić information content (AvgIpc) is 3.47. The molecule has 0 saturated heterocycles. The number of aryl methyl sites for hydroxylation is 1. The number of rotatable bonds is 5. The van der Waals surface area contributed by atoms with Gasteiger partial charge in [-0.25, -0.2) is 4.68 Å². The molecule has 2 aliphatic rings. The molecule has 10 nitrogen and oxygen atoms in total. The third kappa shape index (κ3) is 4.69. The quantitative estimate of drug-likeness (QED) is 0.414. The Morgan fingerprint density at radius 1 is 1.24 bits per heavy atom. The maximum Gasteiger partial charge on any atom is 0.240 e. The first-order valence-electron chi connectivity index (χ1n) is 13.4. The van der Waals surface area contributed by atoms with Gasteiger partial charge in [-0.15, -0.1) is 5.10 Å². The van der Waals surface area contributed by atoms with E-state index in [-0.39, 0.29) is 18.8 Å². The molecular formula is C28H35N7O3. The average molecular weight is 518 g/mol. The summed E-state index contributed by atoms with van der Waals surface area (Å²) in [6, 6.07) is 6.70. The first-order valence-corrected chi connectivity index (χ1v) is 13.4. The van der Waals surface area contributed by atoms with Crippen LogP contribution in [0, 0.1) is 0 Å². The summed E-state index contributed by atoms with van der Waals surface area (Å²) in [6.45, 7) is 7.94. The molecule has 10 heteroatoms. The molecule has 1 atom stereocenters. The first kappa shape index (κ1) is 24.7. The summed E-state index contributed by atoms with van der Waals surface area (Å²) in [7, 11) is 1.92. The summed E-state index contributed by atoms with van der Waals surface area (Å²) in [5, 5.41) is 27.8. The molecule has 2 bridgehead atoms. The zero-order chi connectivity index (χ0) is 26.4. The van der Waals surface area contributed by atoms with Crippen LogP contribution in [0.25, 0.3) is 34.2 Å². The molecule has 0 spiro atoms. The lowest BCUT2D eigenvalue weighted by molar-refractivity contribution is 0.125. The lowest BCUT2D eigenvalue weighted by atomic mass is 10.1. The molecule has 1 aliphatic carbocycles. The van der Waals surface area contributed by atoms with E-state index in [9.17, 15) is 5.11 Å². The maximum absolute atomic E-state index is 9.83. The van der Waals surface area contributed by atoms with Gasteiger partial charge < -0.3 is 14.6 Å². The highest BCUT2D eigenvalue weighted by atomic mass is 16.5. The van der Waals surface area contributed by atoms with Crippen LogP contribution in [0.1, 0.15) is 50.6 Å². The Hall–Kier alpha value is -3.63. The van der Waals surface area contributed by atoms with E-state index in [0.29, 0.717) is 25.0 Å². The summed E-state index contributed by atoms with van der Waals surface area (Å²) >= 11 is 0. The maximum atomic E-state index is 9.83. The van der Waals surface area contributed by atoms with E-state index < -0.39 is 0 Å². The van der Waals surface area contributed by atoms with E-state index in [1.165, 1.54) is 0 Å². The number of nitrogens with one attached hydrogen (secondary N) is 1. The number of aliphatic hydroxyl groups is 1. The summed E-state index contributed by atoms with van der Waals surface area (Å²) in [5.41, 5.74) is 5.70. The fourth-order valence-electron chi connectivity index (χ4n) is 5.20. The van der Waals surface area contributed by atoms with Gasteiger partial charge in [0.15, 0.2) is 0 Å². The van der Waals surface area contributed by atoms with Crippen LogP contribution in [-0.4, -0.2) is 71.2 Å². The van der Waals surface area contributed by atoms with Gasteiger partial charge in [0.1, 0.15) is 6.10 Å². The van der Waals surface area contributed by atoms with Gasteiger partial charge in [-0.1, -0.05) is 6.07 Å². The van der Waals surface area contributed by atoms with Crippen molar-refractivity contribution in [2.75, 3.05) is 13.2 Å². The molecule has 1 aliphatic heterocycles. The van der Waals surface area contributed by atoms with Crippen LogP contribution in [-0.2, 0) is 20.1 Å². The Morgan fingerprint density at radius 3 is 2.84 bits per heavy atom. The predicted octanol–water partition coefficient (Wildman–Crippen LogP) is 3.86. The largest absolute Gasteiger partial charge is 0.473 e. The van der Waals surface area contributed by atoms with E-state index >= 15 is 0 Å². The second kappa shape index (κ2) is 9.92. The molecule has 4 heterocycles. The van der Waals surface area contributed by atoms with E-state index in [1.807, 2.05) is 43.9 Å². The van der Waals surface area contributed by atoms with Crippen molar-refractivity contribution in [1.29, 1.82) is 0 Å². The number of hydrogen-bond donors (Lipinski definition) is 2. The smallest absolute Gasteiger partial charge is 0.240 e. The highest BCUT2D eigenvalue weighted by Crippen LogP contribution is 2.36. The van der Waals surface area contributed by atoms with Crippen LogP contribution in [0.5, 0.6) is 11.8 Å². The van der Waals surface area contributed by atoms with Gasteiger partial charge in [-0.2, -0.15) is 10.2 Å². The molecule has 1 aromatic carbocycles. The summed E-state index contributed by atoms with van der Waals surface area (Å²) in [6.07, 6.45) is 8.20. The predicted molar refractivity (Wildman–Crippen MR) is 146 cm³/mol. The number of aromatic amines is 1. The fourth-order valence-corrected chi connectivity index (χ4v) is 5.20. The number of H-pyrrole nitrogens is 1. The second-order valence-electron chi connectivity index (χ2n) is 10.6. The lowest BCUT2D eigenvalue weighted by Crippen LogP contribution is -2.36. The van der Waals surface area contributed by atoms with E-state index in [2.05, 4.69) is 45.3 Å². The molecule has 2 N–H and O–H groups in total. The monoisotopic (exact) mass is 517 g/mol. The molecule has 0 radical (unpaired) electrons. The lowest BCUT2D eigenvalue weighted by Gasteiger charge is -2.27. The van der Waals surface area contributed by atoms with Crippen LogP contribution in [0.4, 0.5) is 0 Å². The molecule has 6 rings (SSSR count). The van der Waals surface area contributed by atoms with Gasteiger partial charge in [0.05, 0.1) is 53.5 Å². The van der Waals surface area contributed by atoms with Crippen molar-refractivity contribution in [1.82, 2.24) is 34.7 Å². The minimum absolute atomic E-state index is 0.000869. The van der Waals surface area contributed by atoms with Crippen LogP contribution >= 0.6 is 0 Å². The minimum Gasteiger partial charge on any atom is -0.473 e. The van der Waals surface area contributed by atoms with Gasteiger partial charge in [0.2, 0.25) is 11.8 Å². The molecule has 1 saturated carbocycles. The van der Waals surface area contributed by atoms with Crippen LogP contribution < -0.4 is 9.47 Å². The second-order valence-corrected chi connectivity index (χ2v) is 10.6. The van der Waals surface area contributed by atoms with Gasteiger partial charge in [0.25, 0.3) is 0 Å². The Labute approximate surface area is 221 Å². The molecule has 4 aromatic rings. The molecule has 1 fully saturated rings. The summed E-state index contributed by atoms with van der Waals surface area (Å²) < 4.78 is 16.4. The molecule has 3 aromatic heterocycles. The highest BCUT2D eigenvalue weighted by Gasteiger charge is 2.33. The first-order chi connectivity index (χ1) is 18.4. The minimum atomic E-state index is -0.0670. The van der Waals surface area contributed by atoms with Gasteiger partial charge in [0, 0.05) is 31.6 Å². The molecule has 200 valence electrons. The highest BCUT2D eigenvalue weighted by molar-refractivity contribution is 5.93. The fraction of sp³-hybridized carbons (Fsp3) is 0.464. The van der Waals surface area contributed by atoms with E-state index in [4.69, 9.17) is 14.6 Å². The number of nitrogens with zero attached hydrogens (tertiary/aromatic N) is 6. The third-order valence-corrected chi connectivity index (χ3v) is 7.14. The number of fused-ring (bicyclic) bond motifs is 4. The normalized spacial score (nSPS) is 19.2. The zero-order valence-electron chi connectivity index (χ0n) is 22.4. The van der Waals surface area contributed by atoms with Crippen LogP contribution in [0.3, 0.4) is 0 Å². The number of hydrogen-bond acceptors (Lipinski definition) is 7. The summed E-state index contributed by atoms with van der Waals surface area (Å²) in [5.74, 6) is 1.33. The van der Waals surface area contributed by atoms with E-state index in [0.717, 1.165) is 64.2 Å². The van der Waals surface area contributed by atoms with Crippen molar-refractivity contribution in [2.24, 2.45) is 7.05 Å². The Bertz CT molecular complexity index is 1480. The number of ether oxygens (including phenoxy) is 2. The van der Waals surface area contributed by atoms with Gasteiger partial charge in [-0.3, -0.25) is 14.7 Å². The molecule has 0 amide bonds. The number of aromatic nitrogens is 6. The Balaban J connectivity index is 1.53. The van der Waals surface area contributed by atoms with Gasteiger partial charge in [-0.05, 0) is 63.5 Å². The van der Waals surface area contributed by atoms with Gasteiger partial charge >= 0.3 is 0 Å². The van der Waals surface area contributed by atoms with Crippen molar-refractivity contribution in [2.45, 2.75) is 65.0 Å². The molecule has 0 unspecified atom stereocenters. The number of benzene rings is 1. The van der Waals surface area contributed by atoms with Crippen molar-refractivity contribution in [3.05, 3.63) is 41.3 Å². The van der Waals surface area contributed by atoms with Crippen molar-refractivity contribution < 1.29 is 14.6 Å². The van der Waals surface area contributed by atoms with E-state index in [1.54, 1.807) is 4.68 Å². The Kier molecular flexibility index (Phi) is 6.45. The van der Waals surface area contributed by atoms with Crippen molar-refractivity contribution in [3.8, 4) is 22.9 Å². The summed E-state index contributed by atoms with van der Waals surface area (Å²) in [4.78, 5) is 2.47. The standard InChI is InChI=1S/C28H35N7O3/c1-17(2)37-27-21-8-10-25-22-13-19(5-9-24(22)30-31-25)23-14-29-33(4)28(23)38-18(3)15-34(20-6-7-20)16-26(21)35(32-27)11-12-36/h5,8-10,13-14,17-18,20,36H,6-7,11-12,15-16H2,1-4H3,(H,30,31)/b10-8+/t18-/m1/s1. The zero-order valence-corrected chi connectivity index (χ0v) is 22.4. The van der Waals surface area contributed by atoms with Crippen LogP contribution in [0.2, 0.25) is 0 Å².